The normalized spacial score (nSPS) is 25.5. The van der Waals surface area contributed by atoms with E-state index in [-0.39, 0.29) is 4.90 Å². The Morgan fingerprint density at radius 2 is 1.83 bits per heavy atom. The second-order valence-electron chi connectivity index (χ2n) is 7.23. The van der Waals surface area contributed by atoms with Crippen LogP contribution in [0.4, 0.5) is 5.69 Å². The molecule has 0 saturated carbocycles. The van der Waals surface area contributed by atoms with Gasteiger partial charge in [-0.2, -0.15) is 4.31 Å². The third kappa shape index (κ3) is 2.29. The van der Waals surface area contributed by atoms with Crippen molar-refractivity contribution < 1.29 is 18.3 Å². The van der Waals surface area contributed by atoms with Crippen LogP contribution in [0.15, 0.2) is 23.1 Å². The third-order valence-electron chi connectivity index (χ3n) is 4.75. The molecule has 0 bridgehead atoms. The zero-order valence-corrected chi connectivity index (χ0v) is 14.4. The van der Waals surface area contributed by atoms with Crippen LogP contribution < -0.4 is 5.32 Å². The number of rotatable bonds is 2. The van der Waals surface area contributed by atoms with Crippen LogP contribution >= 0.6 is 0 Å². The largest absolute Gasteiger partial charge is 0.375 e. The molecule has 7 heteroatoms. The van der Waals surface area contributed by atoms with Crippen LogP contribution in [-0.2, 0) is 20.4 Å². The summed E-state index contributed by atoms with van der Waals surface area (Å²) < 4.78 is 26.9. The zero-order chi connectivity index (χ0) is 17.0. The lowest BCUT2D eigenvalue weighted by molar-refractivity contribution is -0.146. The van der Waals surface area contributed by atoms with E-state index in [0.29, 0.717) is 24.3 Å². The number of carbonyl (C=O) groups is 1. The SMILES string of the molecule is CC(C)(C)C1(O)C(=O)Nc2ccc(S(=O)(=O)N3CCCC3)cc21. The summed E-state index contributed by atoms with van der Waals surface area (Å²) in [7, 11) is -3.59. The minimum absolute atomic E-state index is 0.123. The molecular formula is C16H22N2O4S. The first kappa shape index (κ1) is 16.4. The Labute approximate surface area is 136 Å². The van der Waals surface area contributed by atoms with Gasteiger partial charge in [0.15, 0.2) is 5.60 Å². The molecule has 0 aromatic heterocycles. The molecule has 2 heterocycles. The maximum absolute atomic E-state index is 12.7. The van der Waals surface area contributed by atoms with E-state index in [2.05, 4.69) is 5.32 Å². The lowest BCUT2D eigenvalue weighted by atomic mass is 9.73. The molecule has 1 aromatic carbocycles. The highest BCUT2D eigenvalue weighted by Gasteiger charge is 2.54. The first-order valence-electron chi connectivity index (χ1n) is 7.77. The van der Waals surface area contributed by atoms with Crippen molar-refractivity contribution in [2.24, 2.45) is 5.41 Å². The third-order valence-corrected chi connectivity index (χ3v) is 6.64. The van der Waals surface area contributed by atoms with Gasteiger partial charge in [0, 0.05) is 29.8 Å². The number of hydrogen-bond acceptors (Lipinski definition) is 4. The highest BCUT2D eigenvalue weighted by Crippen LogP contribution is 2.47. The molecule has 2 N–H and O–H groups in total. The molecule has 126 valence electrons. The summed E-state index contributed by atoms with van der Waals surface area (Å²) in [5.41, 5.74) is -1.72. The van der Waals surface area contributed by atoms with E-state index in [1.807, 2.05) is 0 Å². The van der Waals surface area contributed by atoms with Crippen molar-refractivity contribution in [1.29, 1.82) is 0 Å². The Balaban J connectivity index is 2.12. The van der Waals surface area contributed by atoms with Crippen molar-refractivity contribution in [2.45, 2.75) is 44.1 Å². The van der Waals surface area contributed by atoms with Gasteiger partial charge in [0.25, 0.3) is 5.91 Å². The average Bonchev–Trinajstić information content (AvgIpc) is 3.07. The molecule has 1 fully saturated rings. The minimum atomic E-state index is -3.59. The first-order valence-corrected chi connectivity index (χ1v) is 9.21. The predicted molar refractivity (Wildman–Crippen MR) is 86.4 cm³/mol. The van der Waals surface area contributed by atoms with Crippen LogP contribution in [-0.4, -0.2) is 36.8 Å². The van der Waals surface area contributed by atoms with Crippen LogP contribution in [0.1, 0.15) is 39.2 Å². The number of nitrogens with one attached hydrogen (secondary N) is 1. The molecule has 3 rings (SSSR count). The standard InChI is InChI=1S/C16H22N2O4S/c1-15(2,3)16(20)12-10-11(6-7-13(12)17-14(16)19)23(21,22)18-8-4-5-9-18/h6-7,10,20H,4-5,8-9H2,1-3H3,(H,17,19). The van der Waals surface area contributed by atoms with Gasteiger partial charge < -0.3 is 10.4 Å². The van der Waals surface area contributed by atoms with Crippen molar-refractivity contribution >= 4 is 21.6 Å². The van der Waals surface area contributed by atoms with Gasteiger partial charge in [-0.25, -0.2) is 8.42 Å². The van der Waals surface area contributed by atoms with Gasteiger partial charge in [0.2, 0.25) is 10.0 Å². The number of anilines is 1. The molecule has 1 saturated heterocycles. The number of nitrogens with zero attached hydrogens (tertiary/aromatic N) is 1. The van der Waals surface area contributed by atoms with E-state index >= 15 is 0 Å². The number of aliphatic hydroxyl groups is 1. The van der Waals surface area contributed by atoms with E-state index in [1.54, 1.807) is 26.8 Å². The number of hydrogen-bond donors (Lipinski definition) is 2. The summed E-state index contributed by atoms with van der Waals surface area (Å²) in [6.07, 6.45) is 1.71. The van der Waals surface area contributed by atoms with E-state index < -0.39 is 26.9 Å². The van der Waals surface area contributed by atoms with E-state index in [4.69, 9.17) is 0 Å². The quantitative estimate of drug-likeness (QED) is 0.858. The molecule has 1 aromatic rings. The smallest absolute Gasteiger partial charge is 0.261 e. The Hall–Kier alpha value is -1.44. The van der Waals surface area contributed by atoms with E-state index in [1.165, 1.54) is 16.4 Å². The number of benzene rings is 1. The number of fused-ring (bicyclic) bond motifs is 1. The van der Waals surface area contributed by atoms with Crippen LogP contribution in [0.5, 0.6) is 0 Å². The molecule has 2 aliphatic heterocycles. The predicted octanol–water partition coefficient (Wildman–Crippen LogP) is 1.66. The second kappa shape index (κ2) is 5.03. The first-order chi connectivity index (χ1) is 10.6. The molecule has 1 unspecified atom stereocenters. The van der Waals surface area contributed by atoms with Gasteiger partial charge in [0.05, 0.1) is 4.90 Å². The second-order valence-corrected chi connectivity index (χ2v) is 9.17. The maximum Gasteiger partial charge on any atom is 0.261 e. The van der Waals surface area contributed by atoms with Crippen molar-refractivity contribution in [2.75, 3.05) is 18.4 Å². The highest BCUT2D eigenvalue weighted by atomic mass is 32.2. The van der Waals surface area contributed by atoms with Crippen molar-refractivity contribution in [1.82, 2.24) is 4.31 Å². The van der Waals surface area contributed by atoms with Gasteiger partial charge in [-0.3, -0.25) is 4.79 Å². The molecule has 1 atom stereocenters. The number of carbonyl (C=O) groups excluding carboxylic acids is 1. The summed E-state index contributed by atoms with van der Waals surface area (Å²) in [5, 5.41) is 13.6. The Bertz CT molecular complexity index is 761. The number of amides is 1. The molecule has 0 aliphatic carbocycles. The maximum atomic E-state index is 12.7. The lowest BCUT2D eigenvalue weighted by Crippen LogP contribution is -2.45. The van der Waals surface area contributed by atoms with Gasteiger partial charge in [0.1, 0.15) is 0 Å². The summed E-state index contributed by atoms with van der Waals surface area (Å²) in [4.78, 5) is 12.4. The van der Waals surface area contributed by atoms with Gasteiger partial charge >= 0.3 is 0 Å². The Morgan fingerprint density at radius 1 is 1.22 bits per heavy atom. The van der Waals surface area contributed by atoms with Crippen LogP contribution in [0, 0.1) is 5.41 Å². The fraction of sp³-hybridized carbons (Fsp3) is 0.562. The van der Waals surface area contributed by atoms with Crippen molar-refractivity contribution in [3.8, 4) is 0 Å². The fourth-order valence-electron chi connectivity index (χ4n) is 3.25. The summed E-state index contributed by atoms with van der Waals surface area (Å²) in [6, 6.07) is 4.48. The van der Waals surface area contributed by atoms with Gasteiger partial charge in [-0.15, -0.1) is 0 Å². The van der Waals surface area contributed by atoms with Crippen molar-refractivity contribution in [3.05, 3.63) is 23.8 Å². The van der Waals surface area contributed by atoms with Crippen molar-refractivity contribution in [3.63, 3.8) is 0 Å². The monoisotopic (exact) mass is 338 g/mol. The lowest BCUT2D eigenvalue weighted by Gasteiger charge is -2.35. The topological polar surface area (TPSA) is 86.7 Å². The molecule has 0 radical (unpaired) electrons. The molecule has 23 heavy (non-hydrogen) atoms. The van der Waals surface area contributed by atoms with Crippen LogP contribution in [0.25, 0.3) is 0 Å². The highest BCUT2D eigenvalue weighted by molar-refractivity contribution is 7.89. The average molecular weight is 338 g/mol. The van der Waals surface area contributed by atoms with Gasteiger partial charge in [-0.1, -0.05) is 20.8 Å². The van der Waals surface area contributed by atoms with E-state index in [9.17, 15) is 18.3 Å². The molecule has 0 spiro atoms. The summed E-state index contributed by atoms with van der Waals surface area (Å²) in [6.45, 7) is 6.29. The molecule has 1 amide bonds. The molecular weight excluding hydrogens is 316 g/mol. The van der Waals surface area contributed by atoms with Gasteiger partial charge in [-0.05, 0) is 31.0 Å². The summed E-state index contributed by atoms with van der Waals surface area (Å²) >= 11 is 0. The molecule has 2 aliphatic rings. The minimum Gasteiger partial charge on any atom is -0.375 e. The van der Waals surface area contributed by atoms with Crippen LogP contribution in [0.2, 0.25) is 0 Å². The number of sulfonamides is 1. The molecule has 6 nitrogen and oxygen atoms in total. The Kier molecular flexibility index (Phi) is 3.59. The van der Waals surface area contributed by atoms with E-state index in [0.717, 1.165) is 12.8 Å². The van der Waals surface area contributed by atoms with Crippen LogP contribution in [0.3, 0.4) is 0 Å². The summed E-state index contributed by atoms with van der Waals surface area (Å²) in [5.74, 6) is -0.518. The zero-order valence-electron chi connectivity index (χ0n) is 13.6. The Morgan fingerprint density at radius 3 is 2.39 bits per heavy atom. The fourth-order valence-corrected chi connectivity index (χ4v) is 4.79.